The molecule has 0 unspecified atom stereocenters. The summed E-state index contributed by atoms with van der Waals surface area (Å²) in [5, 5.41) is 0. The second-order valence-corrected chi connectivity index (χ2v) is 7.58. The molecule has 1 aliphatic carbocycles. The maximum absolute atomic E-state index is 2.35. The van der Waals surface area contributed by atoms with Crippen molar-refractivity contribution in [1.82, 2.24) is 0 Å². The third kappa shape index (κ3) is 2.23. The van der Waals surface area contributed by atoms with Gasteiger partial charge in [-0.3, -0.25) is 0 Å². The quantitative estimate of drug-likeness (QED) is 0.335. The second-order valence-electron chi connectivity index (χ2n) is 7.58. The van der Waals surface area contributed by atoms with E-state index in [9.17, 15) is 0 Å². The molecule has 0 heterocycles. The summed E-state index contributed by atoms with van der Waals surface area (Å²) in [5.41, 5.74) is 10.4. The van der Waals surface area contributed by atoms with E-state index in [0.29, 0.717) is 0 Å². The zero-order chi connectivity index (χ0) is 18.4. The van der Waals surface area contributed by atoms with Gasteiger partial charge >= 0.3 is 0 Å². The van der Waals surface area contributed by atoms with Crippen LogP contribution in [-0.2, 0) is 5.41 Å². The van der Waals surface area contributed by atoms with Crippen molar-refractivity contribution in [2.75, 3.05) is 0 Å². The molecule has 0 fully saturated rings. The van der Waals surface area contributed by atoms with Crippen LogP contribution in [0.3, 0.4) is 0 Å². The summed E-state index contributed by atoms with van der Waals surface area (Å²) in [4.78, 5) is 0. The highest BCUT2D eigenvalue weighted by atomic mass is 14.5. The van der Waals surface area contributed by atoms with E-state index in [-0.39, 0.29) is 5.41 Å². The SMILES string of the molecule is Cc1cccc(C2(c3cccc(C)c3)c3ccccc3-c3ccccc32)c1. The molecule has 0 radical (unpaired) electrons. The van der Waals surface area contributed by atoms with E-state index < -0.39 is 0 Å². The lowest BCUT2D eigenvalue weighted by molar-refractivity contribution is 0.766. The van der Waals surface area contributed by atoms with Crippen molar-refractivity contribution < 1.29 is 0 Å². The number of hydrogen-bond donors (Lipinski definition) is 0. The number of fused-ring (bicyclic) bond motifs is 3. The van der Waals surface area contributed by atoms with E-state index in [4.69, 9.17) is 0 Å². The normalized spacial score (nSPS) is 13.9. The molecule has 4 aromatic rings. The van der Waals surface area contributed by atoms with Gasteiger partial charge in [-0.25, -0.2) is 0 Å². The fourth-order valence-electron chi connectivity index (χ4n) is 4.78. The molecule has 0 N–H and O–H groups in total. The molecule has 0 bridgehead atoms. The minimum atomic E-state index is -0.273. The van der Waals surface area contributed by atoms with E-state index in [2.05, 4.69) is 111 Å². The van der Waals surface area contributed by atoms with Gasteiger partial charge in [0.2, 0.25) is 0 Å². The van der Waals surface area contributed by atoms with Crippen LogP contribution in [0.2, 0.25) is 0 Å². The lowest BCUT2D eigenvalue weighted by Crippen LogP contribution is -2.28. The van der Waals surface area contributed by atoms with Gasteiger partial charge in [0.05, 0.1) is 5.41 Å². The summed E-state index contributed by atoms with van der Waals surface area (Å²) in [7, 11) is 0. The Morgan fingerprint density at radius 2 is 0.926 bits per heavy atom. The third-order valence-corrected chi connectivity index (χ3v) is 5.85. The molecule has 0 nitrogen and oxygen atoms in total. The van der Waals surface area contributed by atoms with Gasteiger partial charge in [-0.2, -0.15) is 0 Å². The molecule has 130 valence electrons. The van der Waals surface area contributed by atoms with Gasteiger partial charge in [0.15, 0.2) is 0 Å². The smallest absolute Gasteiger partial charge is 0.0619 e. The monoisotopic (exact) mass is 346 g/mol. The molecule has 5 rings (SSSR count). The van der Waals surface area contributed by atoms with E-state index in [1.165, 1.54) is 44.5 Å². The van der Waals surface area contributed by atoms with Crippen LogP contribution in [0.4, 0.5) is 0 Å². The lowest BCUT2D eigenvalue weighted by atomic mass is 9.67. The van der Waals surface area contributed by atoms with E-state index in [1.54, 1.807) is 0 Å². The fourth-order valence-corrected chi connectivity index (χ4v) is 4.78. The van der Waals surface area contributed by atoms with E-state index in [0.717, 1.165) is 0 Å². The Bertz CT molecular complexity index is 1060. The van der Waals surface area contributed by atoms with Crippen LogP contribution in [0.15, 0.2) is 97.1 Å². The van der Waals surface area contributed by atoms with Gasteiger partial charge in [0.1, 0.15) is 0 Å². The maximum Gasteiger partial charge on any atom is 0.0713 e. The largest absolute Gasteiger partial charge is 0.0713 e. The average Bonchev–Trinajstić information content (AvgIpc) is 3.00. The Morgan fingerprint density at radius 1 is 0.481 bits per heavy atom. The minimum Gasteiger partial charge on any atom is -0.0619 e. The summed E-state index contributed by atoms with van der Waals surface area (Å²) < 4.78 is 0. The molecule has 0 saturated carbocycles. The molecule has 4 aromatic carbocycles. The molecule has 27 heavy (non-hydrogen) atoms. The van der Waals surface area contributed by atoms with Crippen LogP contribution in [-0.4, -0.2) is 0 Å². The van der Waals surface area contributed by atoms with Crippen molar-refractivity contribution in [2.24, 2.45) is 0 Å². The highest BCUT2D eigenvalue weighted by Gasteiger charge is 2.45. The van der Waals surface area contributed by atoms with Crippen molar-refractivity contribution in [3.8, 4) is 11.1 Å². The zero-order valence-corrected chi connectivity index (χ0v) is 15.7. The molecule has 0 aliphatic heterocycles. The Labute approximate surface area is 161 Å². The number of rotatable bonds is 2. The summed E-state index contributed by atoms with van der Waals surface area (Å²) in [6.45, 7) is 4.36. The van der Waals surface area contributed by atoms with Crippen LogP contribution in [0.25, 0.3) is 11.1 Å². The number of hydrogen-bond acceptors (Lipinski definition) is 0. The molecule has 0 aromatic heterocycles. The first-order valence-corrected chi connectivity index (χ1v) is 9.55. The predicted molar refractivity (Wildman–Crippen MR) is 113 cm³/mol. The lowest BCUT2D eigenvalue weighted by Gasteiger charge is -2.34. The molecule has 0 spiro atoms. The van der Waals surface area contributed by atoms with Gasteiger partial charge in [-0.05, 0) is 47.2 Å². The predicted octanol–water partition coefficient (Wildman–Crippen LogP) is 6.67. The zero-order valence-electron chi connectivity index (χ0n) is 15.7. The standard InChI is InChI=1S/C27H22/c1-19-9-7-11-21(17-19)27(22-12-8-10-20(2)18-22)25-15-5-3-13-23(25)24-14-4-6-16-26(24)27/h3-18H,1-2H3. The van der Waals surface area contributed by atoms with Crippen molar-refractivity contribution in [3.63, 3.8) is 0 Å². The first kappa shape index (κ1) is 16.1. The average molecular weight is 346 g/mol. The molecule has 1 aliphatic rings. The van der Waals surface area contributed by atoms with Crippen LogP contribution >= 0.6 is 0 Å². The number of aryl methyl sites for hydroxylation is 2. The van der Waals surface area contributed by atoms with Gasteiger partial charge in [-0.15, -0.1) is 0 Å². The van der Waals surface area contributed by atoms with E-state index in [1.807, 2.05) is 0 Å². The molecule has 0 atom stereocenters. The first-order chi connectivity index (χ1) is 13.2. The Kier molecular flexibility index (Phi) is 3.55. The molecule has 0 amide bonds. The van der Waals surface area contributed by atoms with Gasteiger partial charge in [-0.1, -0.05) is 108 Å². The van der Waals surface area contributed by atoms with Crippen molar-refractivity contribution >= 4 is 0 Å². The summed E-state index contributed by atoms with van der Waals surface area (Å²) >= 11 is 0. The first-order valence-electron chi connectivity index (χ1n) is 9.55. The Balaban J connectivity index is 1.98. The fraction of sp³-hybridized carbons (Fsp3) is 0.111. The molecule has 0 saturated heterocycles. The topological polar surface area (TPSA) is 0 Å². The summed E-state index contributed by atoms with van der Waals surface area (Å²) in [6, 6.07) is 35.8. The van der Waals surface area contributed by atoms with Crippen molar-refractivity contribution in [2.45, 2.75) is 19.3 Å². The Hall–Kier alpha value is -3.12. The second kappa shape index (κ2) is 5.96. The van der Waals surface area contributed by atoms with Crippen molar-refractivity contribution in [3.05, 3.63) is 130 Å². The van der Waals surface area contributed by atoms with Gasteiger partial charge in [0, 0.05) is 0 Å². The highest BCUT2D eigenvalue weighted by molar-refractivity contribution is 5.86. The molecular weight excluding hydrogens is 324 g/mol. The summed E-state index contributed by atoms with van der Waals surface area (Å²) in [5.74, 6) is 0. The van der Waals surface area contributed by atoms with Crippen LogP contribution in [0.1, 0.15) is 33.4 Å². The number of benzene rings is 4. The van der Waals surface area contributed by atoms with Gasteiger partial charge in [0.25, 0.3) is 0 Å². The van der Waals surface area contributed by atoms with Crippen LogP contribution in [0, 0.1) is 13.8 Å². The van der Waals surface area contributed by atoms with Crippen molar-refractivity contribution in [1.29, 1.82) is 0 Å². The molecular formula is C27H22. The minimum absolute atomic E-state index is 0.273. The van der Waals surface area contributed by atoms with Crippen LogP contribution < -0.4 is 0 Å². The Morgan fingerprint density at radius 3 is 1.37 bits per heavy atom. The maximum atomic E-state index is 2.35. The summed E-state index contributed by atoms with van der Waals surface area (Å²) in [6.07, 6.45) is 0. The van der Waals surface area contributed by atoms with E-state index >= 15 is 0 Å². The third-order valence-electron chi connectivity index (χ3n) is 5.85. The van der Waals surface area contributed by atoms with Crippen LogP contribution in [0.5, 0.6) is 0 Å². The highest BCUT2D eigenvalue weighted by Crippen LogP contribution is 2.55. The van der Waals surface area contributed by atoms with Gasteiger partial charge < -0.3 is 0 Å². The molecule has 0 heteroatoms.